The van der Waals surface area contributed by atoms with E-state index in [1.165, 1.54) is 0 Å². The first-order valence-corrected chi connectivity index (χ1v) is 7.18. The van der Waals surface area contributed by atoms with Crippen molar-refractivity contribution in [2.45, 2.75) is 25.4 Å². The molecule has 4 nitrogen and oxygen atoms in total. The number of anilines is 1. The van der Waals surface area contributed by atoms with Crippen molar-refractivity contribution >= 4 is 21.7 Å². The molecular weight excluding hydrogens is 296 g/mol. The van der Waals surface area contributed by atoms with Crippen molar-refractivity contribution in [3.05, 3.63) is 22.8 Å². The molecule has 2 rings (SSSR count). The summed E-state index contributed by atoms with van der Waals surface area (Å²) in [4.78, 5) is 4.25. The molecule has 1 aliphatic heterocycles. The lowest BCUT2D eigenvalue weighted by Crippen LogP contribution is -2.24. The molecule has 0 unspecified atom stereocenters. The van der Waals surface area contributed by atoms with Crippen LogP contribution in [0.3, 0.4) is 0 Å². The van der Waals surface area contributed by atoms with E-state index in [0.717, 1.165) is 55.9 Å². The van der Waals surface area contributed by atoms with Crippen LogP contribution in [0.5, 0.6) is 0 Å². The molecule has 0 amide bonds. The molecule has 0 aliphatic carbocycles. The van der Waals surface area contributed by atoms with Crippen molar-refractivity contribution < 1.29 is 9.47 Å². The van der Waals surface area contributed by atoms with Crippen LogP contribution in [0, 0.1) is 0 Å². The summed E-state index contributed by atoms with van der Waals surface area (Å²) in [5, 5.41) is 3.27. The molecule has 1 aliphatic rings. The van der Waals surface area contributed by atoms with Gasteiger partial charge in [0, 0.05) is 37.0 Å². The molecule has 0 spiro atoms. The van der Waals surface area contributed by atoms with Gasteiger partial charge in [-0.2, -0.15) is 0 Å². The lowest BCUT2D eigenvalue weighted by molar-refractivity contribution is -0.0316. The standard InChI is InChI=1S/C13H19BrN2O2/c14-11-2-3-13(16-10-11)15-6-1-7-18-12-4-8-17-9-5-12/h2-3,10,12H,1,4-9H2,(H,15,16). The van der Waals surface area contributed by atoms with Crippen molar-refractivity contribution in [1.29, 1.82) is 0 Å². The third-order valence-corrected chi connectivity index (χ3v) is 3.35. The molecule has 0 bridgehead atoms. The summed E-state index contributed by atoms with van der Waals surface area (Å²) in [6, 6.07) is 3.94. The van der Waals surface area contributed by atoms with Crippen LogP contribution in [-0.4, -0.2) is 37.5 Å². The molecule has 5 heteroatoms. The van der Waals surface area contributed by atoms with Crippen LogP contribution in [0.4, 0.5) is 5.82 Å². The van der Waals surface area contributed by atoms with E-state index in [4.69, 9.17) is 9.47 Å². The van der Waals surface area contributed by atoms with Gasteiger partial charge in [0.1, 0.15) is 5.82 Å². The van der Waals surface area contributed by atoms with Gasteiger partial charge in [0.25, 0.3) is 0 Å². The van der Waals surface area contributed by atoms with Gasteiger partial charge in [-0.15, -0.1) is 0 Å². The average molecular weight is 315 g/mol. The Kier molecular flexibility index (Phi) is 5.90. The third-order valence-electron chi connectivity index (χ3n) is 2.88. The minimum atomic E-state index is 0.393. The van der Waals surface area contributed by atoms with E-state index >= 15 is 0 Å². The van der Waals surface area contributed by atoms with Gasteiger partial charge in [-0.25, -0.2) is 4.98 Å². The first-order valence-electron chi connectivity index (χ1n) is 6.39. The molecule has 18 heavy (non-hydrogen) atoms. The van der Waals surface area contributed by atoms with E-state index in [1.807, 2.05) is 12.1 Å². The molecule has 1 aromatic rings. The van der Waals surface area contributed by atoms with Crippen molar-refractivity contribution in [1.82, 2.24) is 4.98 Å². The predicted molar refractivity (Wildman–Crippen MR) is 74.8 cm³/mol. The SMILES string of the molecule is Brc1ccc(NCCCOC2CCOCC2)nc1. The summed E-state index contributed by atoms with van der Waals surface area (Å²) in [5.41, 5.74) is 0. The molecule has 100 valence electrons. The topological polar surface area (TPSA) is 43.4 Å². The van der Waals surface area contributed by atoms with Gasteiger partial charge < -0.3 is 14.8 Å². The van der Waals surface area contributed by atoms with E-state index in [0.29, 0.717) is 6.10 Å². The Labute approximate surface area is 116 Å². The van der Waals surface area contributed by atoms with Gasteiger partial charge in [-0.3, -0.25) is 0 Å². The Morgan fingerprint density at radius 2 is 2.22 bits per heavy atom. The highest BCUT2D eigenvalue weighted by Gasteiger charge is 2.13. The maximum absolute atomic E-state index is 5.79. The van der Waals surface area contributed by atoms with Crippen LogP contribution in [-0.2, 0) is 9.47 Å². The second-order valence-corrected chi connectivity index (χ2v) is 5.24. The van der Waals surface area contributed by atoms with Crippen LogP contribution in [0.25, 0.3) is 0 Å². The minimum Gasteiger partial charge on any atom is -0.381 e. The number of nitrogens with one attached hydrogen (secondary N) is 1. The predicted octanol–water partition coefficient (Wildman–Crippen LogP) is 2.84. The fraction of sp³-hybridized carbons (Fsp3) is 0.615. The highest BCUT2D eigenvalue weighted by Crippen LogP contribution is 2.12. The van der Waals surface area contributed by atoms with Crippen molar-refractivity contribution in [2.24, 2.45) is 0 Å². The molecule has 1 aromatic heterocycles. The van der Waals surface area contributed by atoms with Gasteiger partial charge in [0.05, 0.1) is 6.10 Å². The molecule has 1 saturated heterocycles. The number of pyridine rings is 1. The second kappa shape index (κ2) is 7.71. The minimum absolute atomic E-state index is 0.393. The van der Waals surface area contributed by atoms with Gasteiger partial charge in [0.2, 0.25) is 0 Å². The average Bonchev–Trinajstić information content (AvgIpc) is 2.42. The first-order chi connectivity index (χ1) is 8.84. The highest BCUT2D eigenvalue weighted by atomic mass is 79.9. The van der Waals surface area contributed by atoms with Gasteiger partial charge in [0.15, 0.2) is 0 Å². The zero-order valence-electron chi connectivity index (χ0n) is 10.4. The Morgan fingerprint density at radius 1 is 1.39 bits per heavy atom. The van der Waals surface area contributed by atoms with E-state index < -0.39 is 0 Å². The molecule has 0 atom stereocenters. The van der Waals surface area contributed by atoms with Crippen LogP contribution in [0.15, 0.2) is 22.8 Å². The highest BCUT2D eigenvalue weighted by molar-refractivity contribution is 9.10. The maximum Gasteiger partial charge on any atom is 0.125 e. The summed E-state index contributed by atoms with van der Waals surface area (Å²) < 4.78 is 12.1. The first kappa shape index (κ1) is 13.8. The number of rotatable bonds is 6. The monoisotopic (exact) mass is 314 g/mol. The van der Waals surface area contributed by atoms with E-state index in [2.05, 4.69) is 26.2 Å². The number of ether oxygens (including phenoxy) is 2. The molecular formula is C13H19BrN2O2. The number of hydrogen-bond acceptors (Lipinski definition) is 4. The lowest BCUT2D eigenvalue weighted by atomic mass is 10.1. The van der Waals surface area contributed by atoms with Crippen LogP contribution in [0.1, 0.15) is 19.3 Å². The second-order valence-electron chi connectivity index (χ2n) is 4.32. The third kappa shape index (κ3) is 4.92. The maximum atomic E-state index is 5.79. The number of halogens is 1. The quantitative estimate of drug-likeness (QED) is 0.820. The Morgan fingerprint density at radius 3 is 2.94 bits per heavy atom. The summed E-state index contributed by atoms with van der Waals surface area (Å²) >= 11 is 3.36. The van der Waals surface area contributed by atoms with Crippen LogP contribution < -0.4 is 5.32 Å². The van der Waals surface area contributed by atoms with Crippen LogP contribution in [0.2, 0.25) is 0 Å². The van der Waals surface area contributed by atoms with Gasteiger partial charge in [-0.05, 0) is 47.3 Å². The zero-order chi connectivity index (χ0) is 12.6. The Bertz CT molecular complexity index is 339. The van der Waals surface area contributed by atoms with E-state index in [1.54, 1.807) is 6.20 Å². The normalized spacial score (nSPS) is 16.7. The van der Waals surface area contributed by atoms with E-state index in [9.17, 15) is 0 Å². The van der Waals surface area contributed by atoms with Crippen molar-refractivity contribution in [3.63, 3.8) is 0 Å². The lowest BCUT2D eigenvalue weighted by Gasteiger charge is -2.22. The van der Waals surface area contributed by atoms with Crippen molar-refractivity contribution in [3.8, 4) is 0 Å². The summed E-state index contributed by atoms with van der Waals surface area (Å²) in [6.45, 7) is 3.36. The summed E-state index contributed by atoms with van der Waals surface area (Å²) in [7, 11) is 0. The molecule has 0 radical (unpaired) electrons. The largest absolute Gasteiger partial charge is 0.381 e. The Hall–Kier alpha value is -0.650. The number of aromatic nitrogens is 1. The van der Waals surface area contributed by atoms with Crippen molar-refractivity contribution in [2.75, 3.05) is 31.7 Å². The summed E-state index contributed by atoms with van der Waals surface area (Å²) in [5.74, 6) is 0.907. The zero-order valence-corrected chi connectivity index (χ0v) is 12.0. The van der Waals surface area contributed by atoms with Crippen LogP contribution >= 0.6 is 15.9 Å². The molecule has 1 N–H and O–H groups in total. The smallest absolute Gasteiger partial charge is 0.125 e. The fourth-order valence-corrected chi connectivity index (χ4v) is 2.10. The van der Waals surface area contributed by atoms with Gasteiger partial charge >= 0.3 is 0 Å². The fourth-order valence-electron chi connectivity index (χ4n) is 1.86. The molecule has 0 aromatic carbocycles. The number of nitrogens with zero attached hydrogens (tertiary/aromatic N) is 1. The number of hydrogen-bond donors (Lipinski definition) is 1. The van der Waals surface area contributed by atoms with Gasteiger partial charge in [-0.1, -0.05) is 0 Å². The molecule has 1 fully saturated rings. The summed E-state index contributed by atoms with van der Waals surface area (Å²) in [6.07, 6.45) is 5.24. The Balaban J connectivity index is 1.54. The molecule has 0 saturated carbocycles. The molecule has 2 heterocycles. The van der Waals surface area contributed by atoms with E-state index in [-0.39, 0.29) is 0 Å².